The Kier molecular flexibility index (Phi) is 1.09. The number of aromatic nitrogens is 2. The van der Waals surface area contributed by atoms with Gasteiger partial charge in [0, 0.05) is 6.20 Å². The molecule has 9 heavy (non-hydrogen) atoms. The molecule has 0 bridgehead atoms. The third-order valence-electron chi connectivity index (χ3n) is 0.752. The molecule has 0 aliphatic carbocycles. The van der Waals surface area contributed by atoms with Gasteiger partial charge in [0.15, 0.2) is 5.69 Å². The van der Waals surface area contributed by atoms with Gasteiger partial charge in [0.2, 0.25) is 0 Å². The number of primary amides is 1. The smallest absolute Gasteiger partial charge is 0.269 e. The molecule has 1 amide bonds. The number of hydrogen-bond donors (Lipinski definition) is 1. The number of amides is 1. The van der Waals surface area contributed by atoms with E-state index in [1.54, 1.807) is 0 Å². The van der Waals surface area contributed by atoms with Crippen LogP contribution in [-0.2, 0) is 0 Å². The summed E-state index contributed by atoms with van der Waals surface area (Å²) in [6.45, 7) is 0. The second-order valence-electron chi connectivity index (χ2n) is 1.39. The van der Waals surface area contributed by atoms with Gasteiger partial charge in [-0.15, -0.1) is 5.10 Å². The normalized spacial score (nSPS) is 10.4. The van der Waals surface area contributed by atoms with Gasteiger partial charge in [-0.1, -0.05) is 0 Å². The second kappa shape index (κ2) is 2.21. The minimum atomic E-state index is -0.724. The fourth-order valence-corrected chi connectivity index (χ4v) is 0.390. The molecule has 0 spiro atoms. The third-order valence-corrected chi connectivity index (χ3v) is 0.752. The van der Waals surface area contributed by atoms with Crippen LogP contribution in [0.15, 0.2) is 18.3 Å². The molecule has 0 unspecified atom stereocenters. The van der Waals surface area contributed by atoms with Crippen molar-refractivity contribution in [1.29, 1.82) is 0 Å². The maximum absolute atomic E-state index is 10.4. The highest BCUT2D eigenvalue weighted by molar-refractivity contribution is 5.90. The summed E-state index contributed by atoms with van der Waals surface area (Å²) < 4.78 is 7.10. The predicted molar refractivity (Wildman–Crippen MR) is 30.5 cm³/mol. The standard InChI is InChI=1S/C5H5N3O/c6-5(9)4-2-1-3-7-8-4/h1-3H,(H2,6,9)/i2D. The Morgan fingerprint density at radius 2 is 2.67 bits per heavy atom. The molecule has 0 fully saturated rings. The van der Waals surface area contributed by atoms with Crippen LogP contribution in [0.5, 0.6) is 0 Å². The van der Waals surface area contributed by atoms with Gasteiger partial charge >= 0.3 is 0 Å². The largest absolute Gasteiger partial charge is 0.364 e. The Labute approximate surface area is 53.1 Å². The van der Waals surface area contributed by atoms with E-state index in [2.05, 4.69) is 10.2 Å². The van der Waals surface area contributed by atoms with Gasteiger partial charge in [0.05, 0.1) is 1.37 Å². The van der Waals surface area contributed by atoms with E-state index in [4.69, 9.17) is 7.10 Å². The van der Waals surface area contributed by atoms with Crippen molar-refractivity contribution in [1.82, 2.24) is 10.2 Å². The lowest BCUT2D eigenvalue weighted by molar-refractivity contribution is 0.0994. The zero-order chi connectivity index (χ0) is 7.56. The van der Waals surface area contributed by atoms with Crippen LogP contribution in [0.3, 0.4) is 0 Å². The van der Waals surface area contributed by atoms with Crippen molar-refractivity contribution in [2.45, 2.75) is 0 Å². The molecule has 0 aromatic carbocycles. The first-order valence-electron chi connectivity index (χ1n) is 2.80. The van der Waals surface area contributed by atoms with Gasteiger partial charge in [-0.2, -0.15) is 5.10 Å². The Bertz CT molecular complexity index is 263. The molecule has 4 heteroatoms. The monoisotopic (exact) mass is 124 g/mol. The summed E-state index contributed by atoms with van der Waals surface area (Å²) in [6.07, 6.45) is 1.33. The van der Waals surface area contributed by atoms with Crippen LogP contribution < -0.4 is 5.73 Å². The van der Waals surface area contributed by atoms with Gasteiger partial charge in [-0.05, 0) is 12.1 Å². The topological polar surface area (TPSA) is 68.9 Å². The minimum absolute atomic E-state index is 0.00231. The van der Waals surface area contributed by atoms with Crippen molar-refractivity contribution in [3.8, 4) is 0 Å². The molecule has 1 rings (SSSR count). The van der Waals surface area contributed by atoms with Crippen molar-refractivity contribution in [2.75, 3.05) is 0 Å². The quantitative estimate of drug-likeness (QED) is 0.552. The summed E-state index contributed by atoms with van der Waals surface area (Å²) in [4.78, 5) is 10.4. The van der Waals surface area contributed by atoms with E-state index in [1.165, 1.54) is 12.3 Å². The lowest BCUT2D eigenvalue weighted by Gasteiger charge is -1.87. The molecule has 0 saturated heterocycles. The molecular formula is C5H5N3O. The van der Waals surface area contributed by atoms with E-state index in [0.29, 0.717) is 0 Å². The fourth-order valence-electron chi connectivity index (χ4n) is 0.390. The predicted octanol–water partition coefficient (Wildman–Crippen LogP) is -0.424. The van der Waals surface area contributed by atoms with E-state index in [1.807, 2.05) is 0 Å². The molecule has 1 heterocycles. The summed E-state index contributed by atoms with van der Waals surface area (Å²) in [6, 6.07) is 1.36. The molecule has 0 saturated carbocycles. The molecule has 0 aliphatic heterocycles. The molecule has 4 nitrogen and oxygen atoms in total. The van der Waals surface area contributed by atoms with Crippen molar-refractivity contribution < 1.29 is 6.17 Å². The maximum atomic E-state index is 10.4. The fraction of sp³-hybridized carbons (Fsp3) is 0. The average molecular weight is 124 g/mol. The Hall–Kier alpha value is -1.45. The first-order chi connectivity index (χ1) is 4.72. The molecule has 46 valence electrons. The van der Waals surface area contributed by atoms with Crippen LogP contribution in [0.4, 0.5) is 0 Å². The maximum Gasteiger partial charge on any atom is 0.269 e. The van der Waals surface area contributed by atoms with Crippen molar-refractivity contribution in [3.05, 3.63) is 24.0 Å². The number of carbonyl (C=O) groups excluding carboxylic acids is 1. The number of hydrogen-bond acceptors (Lipinski definition) is 3. The first kappa shape index (κ1) is 4.43. The summed E-state index contributed by atoms with van der Waals surface area (Å²) >= 11 is 0. The van der Waals surface area contributed by atoms with Crippen LogP contribution in [0.1, 0.15) is 11.9 Å². The summed E-state index contributed by atoms with van der Waals surface area (Å²) in [7, 11) is 0. The Morgan fingerprint density at radius 3 is 3.11 bits per heavy atom. The SMILES string of the molecule is [2H]c1ccnnc1C(N)=O. The molecule has 0 atom stereocenters. The van der Waals surface area contributed by atoms with Gasteiger partial charge in [-0.25, -0.2) is 0 Å². The van der Waals surface area contributed by atoms with E-state index in [0.717, 1.165) is 0 Å². The van der Waals surface area contributed by atoms with E-state index in [-0.39, 0.29) is 11.7 Å². The van der Waals surface area contributed by atoms with Crippen molar-refractivity contribution >= 4 is 5.91 Å². The summed E-state index contributed by atoms with van der Waals surface area (Å²) in [5.74, 6) is -0.724. The Morgan fingerprint density at radius 1 is 1.89 bits per heavy atom. The van der Waals surface area contributed by atoms with Crippen LogP contribution in [0, 0.1) is 0 Å². The third kappa shape index (κ3) is 1.22. The molecule has 1 aromatic heterocycles. The van der Waals surface area contributed by atoms with Crippen LogP contribution in [-0.4, -0.2) is 16.1 Å². The molecule has 0 aliphatic rings. The Balaban J connectivity index is 3.15. The highest BCUT2D eigenvalue weighted by atomic mass is 16.1. The lowest BCUT2D eigenvalue weighted by atomic mass is 10.4. The van der Waals surface area contributed by atoms with Gasteiger partial charge in [0.25, 0.3) is 5.91 Å². The molecule has 0 radical (unpaired) electrons. The summed E-state index contributed by atoms with van der Waals surface area (Å²) in [5, 5.41) is 6.76. The van der Waals surface area contributed by atoms with E-state index >= 15 is 0 Å². The first-order valence-corrected chi connectivity index (χ1v) is 2.30. The van der Waals surface area contributed by atoms with Gasteiger partial charge in [0.1, 0.15) is 0 Å². The lowest BCUT2D eigenvalue weighted by Crippen LogP contribution is -2.12. The van der Waals surface area contributed by atoms with E-state index < -0.39 is 5.91 Å². The number of nitrogens with zero attached hydrogens (tertiary/aromatic N) is 2. The highest BCUT2D eigenvalue weighted by Gasteiger charge is 1.97. The zero-order valence-electron chi connectivity index (χ0n) is 5.53. The number of rotatable bonds is 1. The van der Waals surface area contributed by atoms with Crippen LogP contribution >= 0.6 is 0 Å². The van der Waals surface area contributed by atoms with Crippen molar-refractivity contribution in [2.24, 2.45) is 5.73 Å². The number of carbonyl (C=O) groups is 1. The molecular weight excluding hydrogens is 118 g/mol. The minimum Gasteiger partial charge on any atom is -0.364 e. The average Bonchev–Trinajstić information content (AvgIpc) is 1.88. The van der Waals surface area contributed by atoms with E-state index in [9.17, 15) is 4.79 Å². The highest BCUT2D eigenvalue weighted by Crippen LogP contribution is 1.86. The second-order valence-corrected chi connectivity index (χ2v) is 1.39. The zero-order valence-corrected chi connectivity index (χ0v) is 4.53. The summed E-state index contributed by atoms with van der Waals surface area (Å²) in [5.41, 5.74) is 4.76. The van der Waals surface area contributed by atoms with Gasteiger partial charge < -0.3 is 5.73 Å². The van der Waals surface area contributed by atoms with Gasteiger partial charge in [-0.3, -0.25) is 4.79 Å². The van der Waals surface area contributed by atoms with Crippen LogP contribution in [0.2, 0.25) is 0 Å². The number of nitrogens with two attached hydrogens (primary N) is 1. The molecule has 2 N–H and O–H groups in total. The molecule has 1 aromatic rings. The van der Waals surface area contributed by atoms with Crippen molar-refractivity contribution in [3.63, 3.8) is 0 Å². The van der Waals surface area contributed by atoms with Crippen LogP contribution in [0.25, 0.3) is 0 Å².